The van der Waals surface area contributed by atoms with Gasteiger partial charge < -0.3 is 14.8 Å². The summed E-state index contributed by atoms with van der Waals surface area (Å²) in [4.78, 5) is 17.3. The van der Waals surface area contributed by atoms with Crippen molar-refractivity contribution in [2.45, 2.75) is 18.9 Å². The molecule has 158 valence electrons. The Hall–Kier alpha value is -3.81. The summed E-state index contributed by atoms with van der Waals surface area (Å²) >= 11 is 0. The van der Waals surface area contributed by atoms with E-state index in [0.29, 0.717) is 17.1 Å². The van der Waals surface area contributed by atoms with Crippen LogP contribution in [0.5, 0.6) is 11.5 Å². The van der Waals surface area contributed by atoms with Crippen LogP contribution in [0.2, 0.25) is 0 Å². The summed E-state index contributed by atoms with van der Waals surface area (Å²) in [6.07, 6.45) is 9.61. The van der Waals surface area contributed by atoms with Gasteiger partial charge in [0.1, 0.15) is 22.7 Å². The predicted octanol–water partition coefficient (Wildman–Crippen LogP) is 3.31. The highest BCUT2D eigenvalue weighted by atomic mass is 16.5. The summed E-state index contributed by atoms with van der Waals surface area (Å²) in [6, 6.07) is 7.99. The first-order chi connectivity index (χ1) is 15.1. The van der Waals surface area contributed by atoms with Crippen molar-refractivity contribution in [1.82, 2.24) is 24.5 Å². The average Bonchev–Trinajstić information content (AvgIpc) is 3.32. The SMILES string of the molecule is COc1cc(-c2cnc3cc(-c4cnn(C)c4)ccn23)cc(OC)c1C(=O)NC1CC1. The minimum atomic E-state index is -0.179. The summed E-state index contributed by atoms with van der Waals surface area (Å²) < 4.78 is 14.9. The number of aryl methyl sites for hydroxylation is 1. The molecule has 31 heavy (non-hydrogen) atoms. The Labute approximate surface area is 179 Å². The zero-order chi connectivity index (χ0) is 21.5. The summed E-state index contributed by atoms with van der Waals surface area (Å²) in [5.41, 5.74) is 5.01. The fourth-order valence-corrected chi connectivity index (χ4v) is 3.71. The average molecular weight is 417 g/mol. The van der Waals surface area contributed by atoms with Crippen LogP contribution in [-0.2, 0) is 7.05 Å². The molecule has 1 amide bonds. The summed E-state index contributed by atoms with van der Waals surface area (Å²) in [5.74, 6) is 0.755. The number of hydrogen-bond acceptors (Lipinski definition) is 5. The molecule has 1 aromatic carbocycles. The molecule has 1 N–H and O–H groups in total. The van der Waals surface area contributed by atoms with Crippen molar-refractivity contribution in [1.29, 1.82) is 0 Å². The number of carbonyl (C=O) groups excluding carboxylic acids is 1. The van der Waals surface area contributed by atoms with Crippen molar-refractivity contribution in [3.8, 4) is 33.9 Å². The lowest BCUT2D eigenvalue weighted by Gasteiger charge is -2.15. The number of aromatic nitrogens is 4. The summed E-state index contributed by atoms with van der Waals surface area (Å²) in [6.45, 7) is 0. The number of ether oxygens (including phenoxy) is 2. The lowest BCUT2D eigenvalue weighted by Crippen LogP contribution is -2.26. The maximum absolute atomic E-state index is 12.7. The zero-order valence-electron chi connectivity index (χ0n) is 17.6. The third-order valence-corrected chi connectivity index (χ3v) is 5.49. The van der Waals surface area contributed by atoms with E-state index in [1.54, 1.807) is 25.1 Å². The molecule has 8 nitrogen and oxygen atoms in total. The normalized spacial score (nSPS) is 13.4. The standard InChI is InChI=1S/C23H23N5O3/c1-27-13-16(11-25-27)14-6-7-28-18(12-24-21(28)10-14)15-8-19(30-2)22(20(9-15)31-3)23(29)26-17-4-5-17/h6-13,17H,4-5H2,1-3H3,(H,26,29). The van der Waals surface area contributed by atoms with Gasteiger partial charge in [0.05, 0.1) is 32.3 Å². The maximum atomic E-state index is 12.7. The van der Waals surface area contributed by atoms with Gasteiger partial charge in [-0.25, -0.2) is 4.98 Å². The first kappa shape index (κ1) is 19.2. The van der Waals surface area contributed by atoms with Crippen molar-refractivity contribution < 1.29 is 14.3 Å². The van der Waals surface area contributed by atoms with E-state index in [-0.39, 0.29) is 11.9 Å². The monoisotopic (exact) mass is 417 g/mol. The first-order valence-corrected chi connectivity index (χ1v) is 10.1. The number of fused-ring (bicyclic) bond motifs is 1. The minimum Gasteiger partial charge on any atom is -0.496 e. The number of hydrogen-bond donors (Lipinski definition) is 1. The van der Waals surface area contributed by atoms with Crippen LogP contribution in [0, 0.1) is 0 Å². The third kappa shape index (κ3) is 3.50. The molecule has 8 heteroatoms. The van der Waals surface area contributed by atoms with E-state index < -0.39 is 0 Å². The van der Waals surface area contributed by atoms with E-state index in [9.17, 15) is 4.79 Å². The third-order valence-electron chi connectivity index (χ3n) is 5.49. The Balaban J connectivity index is 1.56. The minimum absolute atomic E-state index is 0.179. The molecule has 1 aliphatic carbocycles. The maximum Gasteiger partial charge on any atom is 0.259 e. The van der Waals surface area contributed by atoms with Gasteiger partial charge in [-0.3, -0.25) is 13.9 Å². The highest BCUT2D eigenvalue weighted by Gasteiger charge is 2.28. The van der Waals surface area contributed by atoms with Crippen LogP contribution in [0.25, 0.3) is 28.0 Å². The van der Waals surface area contributed by atoms with E-state index in [1.165, 1.54) is 0 Å². The van der Waals surface area contributed by atoms with Gasteiger partial charge in [-0.2, -0.15) is 5.10 Å². The largest absolute Gasteiger partial charge is 0.496 e. The van der Waals surface area contributed by atoms with Crippen LogP contribution < -0.4 is 14.8 Å². The highest BCUT2D eigenvalue weighted by Crippen LogP contribution is 2.36. The molecule has 5 rings (SSSR count). The van der Waals surface area contributed by atoms with E-state index in [1.807, 2.05) is 54.3 Å². The van der Waals surface area contributed by atoms with Gasteiger partial charge in [0.25, 0.3) is 5.91 Å². The fraction of sp³-hybridized carbons (Fsp3) is 0.261. The van der Waals surface area contributed by atoms with Gasteiger partial charge in [0, 0.05) is 36.6 Å². The highest BCUT2D eigenvalue weighted by molar-refractivity contribution is 6.01. The second-order valence-corrected chi connectivity index (χ2v) is 7.69. The molecule has 1 fully saturated rings. The number of carbonyl (C=O) groups is 1. The number of imidazole rings is 1. The molecule has 0 spiro atoms. The van der Waals surface area contributed by atoms with Crippen molar-refractivity contribution in [3.63, 3.8) is 0 Å². The van der Waals surface area contributed by atoms with E-state index in [2.05, 4.69) is 15.4 Å². The number of pyridine rings is 1. The van der Waals surface area contributed by atoms with Crippen molar-refractivity contribution in [2.75, 3.05) is 14.2 Å². The molecule has 4 aromatic rings. The van der Waals surface area contributed by atoms with Crippen LogP contribution in [0.1, 0.15) is 23.2 Å². The Kier molecular flexibility index (Phi) is 4.62. The quantitative estimate of drug-likeness (QED) is 0.520. The predicted molar refractivity (Wildman–Crippen MR) is 116 cm³/mol. The molecule has 0 unspecified atom stereocenters. The van der Waals surface area contributed by atoms with Crippen LogP contribution in [0.3, 0.4) is 0 Å². The van der Waals surface area contributed by atoms with Gasteiger partial charge in [0.15, 0.2) is 0 Å². The van der Waals surface area contributed by atoms with Crippen LogP contribution in [0.15, 0.2) is 49.1 Å². The number of nitrogens with one attached hydrogen (secondary N) is 1. The van der Waals surface area contributed by atoms with E-state index in [0.717, 1.165) is 40.9 Å². The van der Waals surface area contributed by atoms with Gasteiger partial charge in [0.2, 0.25) is 0 Å². The number of nitrogens with zero attached hydrogens (tertiary/aromatic N) is 4. The Morgan fingerprint density at radius 1 is 1.06 bits per heavy atom. The molecule has 1 saturated carbocycles. The van der Waals surface area contributed by atoms with Gasteiger partial charge in [-0.15, -0.1) is 0 Å². The molecule has 0 saturated heterocycles. The molecular weight excluding hydrogens is 394 g/mol. The lowest BCUT2D eigenvalue weighted by molar-refractivity contribution is 0.0945. The van der Waals surface area contributed by atoms with Crippen molar-refractivity contribution >= 4 is 11.6 Å². The van der Waals surface area contributed by atoms with Crippen LogP contribution >= 0.6 is 0 Å². The first-order valence-electron chi connectivity index (χ1n) is 10.1. The number of benzene rings is 1. The number of rotatable bonds is 6. The smallest absolute Gasteiger partial charge is 0.259 e. The van der Waals surface area contributed by atoms with Crippen LogP contribution in [-0.4, -0.2) is 45.3 Å². The topological polar surface area (TPSA) is 82.7 Å². The molecule has 3 heterocycles. The Morgan fingerprint density at radius 3 is 2.42 bits per heavy atom. The molecule has 3 aromatic heterocycles. The molecular formula is C23H23N5O3. The number of methoxy groups -OCH3 is 2. The number of amides is 1. The van der Waals surface area contributed by atoms with Gasteiger partial charge >= 0.3 is 0 Å². The fourth-order valence-electron chi connectivity index (χ4n) is 3.71. The van der Waals surface area contributed by atoms with E-state index >= 15 is 0 Å². The van der Waals surface area contributed by atoms with Crippen molar-refractivity contribution in [3.05, 3.63) is 54.6 Å². The summed E-state index contributed by atoms with van der Waals surface area (Å²) in [7, 11) is 5.01. The Bertz CT molecular complexity index is 1260. The molecule has 0 atom stereocenters. The second-order valence-electron chi connectivity index (χ2n) is 7.69. The lowest BCUT2D eigenvalue weighted by atomic mass is 10.1. The zero-order valence-corrected chi connectivity index (χ0v) is 17.6. The molecule has 1 aliphatic rings. The van der Waals surface area contributed by atoms with E-state index in [4.69, 9.17) is 9.47 Å². The van der Waals surface area contributed by atoms with Crippen molar-refractivity contribution in [2.24, 2.45) is 7.05 Å². The van der Waals surface area contributed by atoms with Crippen LogP contribution in [0.4, 0.5) is 0 Å². The molecule has 0 bridgehead atoms. The summed E-state index contributed by atoms with van der Waals surface area (Å²) in [5, 5.41) is 7.24. The Morgan fingerprint density at radius 2 is 1.81 bits per heavy atom. The molecule has 0 aliphatic heterocycles. The van der Waals surface area contributed by atoms with Gasteiger partial charge in [-0.05, 0) is 42.7 Å². The van der Waals surface area contributed by atoms with Gasteiger partial charge in [-0.1, -0.05) is 0 Å². The molecule has 0 radical (unpaired) electrons. The second kappa shape index (κ2) is 7.46.